The van der Waals surface area contributed by atoms with Crippen molar-refractivity contribution in [1.29, 1.82) is 0 Å². The Bertz CT molecular complexity index is 934. The van der Waals surface area contributed by atoms with Crippen LogP contribution in [0.2, 0.25) is 0 Å². The zero-order valence-corrected chi connectivity index (χ0v) is 20.0. The highest BCUT2D eigenvalue weighted by molar-refractivity contribution is 5.57. The Hall–Kier alpha value is -2.72. The van der Waals surface area contributed by atoms with Gasteiger partial charge in [-0.15, -0.1) is 0 Å². The van der Waals surface area contributed by atoms with Gasteiger partial charge >= 0.3 is 0 Å². The molecule has 1 saturated heterocycles. The van der Waals surface area contributed by atoms with E-state index in [0.29, 0.717) is 35.5 Å². The zero-order valence-electron chi connectivity index (χ0n) is 20.0. The second kappa shape index (κ2) is 11.6. The first-order valence-electron chi connectivity index (χ1n) is 12.3. The summed E-state index contributed by atoms with van der Waals surface area (Å²) in [6.07, 6.45) is 6.66. The summed E-state index contributed by atoms with van der Waals surface area (Å²) in [5.41, 5.74) is 0.521. The minimum absolute atomic E-state index is 0.179. The molecule has 9 nitrogen and oxygen atoms in total. The van der Waals surface area contributed by atoms with E-state index in [2.05, 4.69) is 43.1 Å². The van der Waals surface area contributed by atoms with E-state index in [1.165, 1.54) is 19.6 Å². The van der Waals surface area contributed by atoms with Crippen LogP contribution in [0, 0.1) is 11.7 Å². The smallest absolute Gasteiger partial charge is 0.233 e. The van der Waals surface area contributed by atoms with Gasteiger partial charge < -0.3 is 31.1 Å². The molecular formula is C24H36FN7O2. The summed E-state index contributed by atoms with van der Waals surface area (Å²) in [5.74, 6) is 1.46. The maximum Gasteiger partial charge on any atom is 0.233 e. The number of ether oxygens (including phenoxy) is 1. The number of halogens is 1. The molecule has 2 atom stereocenters. The number of nitrogens with zero attached hydrogens (tertiary/aromatic N) is 3. The molecule has 0 bridgehead atoms. The lowest BCUT2D eigenvalue weighted by Crippen LogP contribution is -2.40. The van der Waals surface area contributed by atoms with Crippen LogP contribution in [0.4, 0.5) is 27.9 Å². The van der Waals surface area contributed by atoms with Crippen molar-refractivity contribution in [2.45, 2.75) is 70.1 Å². The summed E-state index contributed by atoms with van der Waals surface area (Å²) in [4.78, 5) is 13.7. The zero-order chi connectivity index (χ0) is 23.9. The van der Waals surface area contributed by atoms with Crippen LogP contribution < -0.4 is 26.0 Å². The number of nitrogens with one attached hydrogen (secondary N) is 4. The van der Waals surface area contributed by atoms with Crippen molar-refractivity contribution < 1.29 is 14.2 Å². The van der Waals surface area contributed by atoms with Crippen molar-refractivity contribution in [3.63, 3.8) is 0 Å². The van der Waals surface area contributed by atoms with Gasteiger partial charge in [-0.2, -0.15) is 15.0 Å². The number of aromatic nitrogens is 3. The van der Waals surface area contributed by atoms with Crippen molar-refractivity contribution >= 4 is 23.5 Å². The number of rotatable bonds is 10. The Morgan fingerprint density at radius 1 is 1.12 bits per heavy atom. The van der Waals surface area contributed by atoms with E-state index < -0.39 is 5.82 Å². The molecule has 1 aromatic carbocycles. The fourth-order valence-electron chi connectivity index (χ4n) is 4.74. The molecule has 186 valence electrons. The normalized spacial score (nSPS) is 23.4. The van der Waals surface area contributed by atoms with E-state index in [-0.39, 0.29) is 17.9 Å². The largest absolute Gasteiger partial charge is 0.494 e. The Balaban J connectivity index is 1.51. The predicted molar refractivity (Wildman–Crippen MR) is 131 cm³/mol. The van der Waals surface area contributed by atoms with Crippen molar-refractivity contribution in [3.8, 4) is 5.75 Å². The van der Waals surface area contributed by atoms with Crippen LogP contribution in [-0.4, -0.2) is 58.4 Å². The van der Waals surface area contributed by atoms with E-state index in [1.54, 1.807) is 12.1 Å². The van der Waals surface area contributed by atoms with Crippen LogP contribution in [0.1, 0.15) is 51.9 Å². The highest BCUT2D eigenvalue weighted by Gasteiger charge is 2.24. The van der Waals surface area contributed by atoms with Gasteiger partial charge in [0.1, 0.15) is 0 Å². The Kier molecular flexibility index (Phi) is 8.34. The fourth-order valence-corrected chi connectivity index (χ4v) is 4.74. The summed E-state index contributed by atoms with van der Waals surface area (Å²) < 4.78 is 19.2. The molecule has 4 rings (SSSR count). The average molecular weight is 474 g/mol. The maximum absolute atomic E-state index is 14.2. The first kappa shape index (κ1) is 24.4. The van der Waals surface area contributed by atoms with Gasteiger partial charge in [0, 0.05) is 30.4 Å². The lowest BCUT2D eigenvalue weighted by molar-refractivity contribution is 0.111. The van der Waals surface area contributed by atoms with E-state index in [4.69, 9.17) is 4.74 Å². The molecule has 2 heterocycles. The molecule has 10 heteroatoms. The fraction of sp³-hybridized carbons (Fsp3) is 0.625. The third-order valence-electron chi connectivity index (χ3n) is 6.75. The van der Waals surface area contributed by atoms with Crippen LogP contribution in [0.5, 0.6) is 5.75 Å². The first-order valence-corrected chi connectivity index (χ1v) is 12.3. The van der Waals surface area contributed by atoms with Crippen molar-refractivity contribution in [3.05, 3.63) is 24.0 Å². The van der Waals surface area contributed by atoms with Crippen molar-refractivity contribution in [2.24, 2.45) is 5.92 Å². The van der Waals surface area contributed by atoms with Crippen LogP contribution in [0.15, 0.2) is 18.2 Å². The van der Waals surface area contributed by atoms with Gasteiger partial charge in [0.05, 0.1) is 13.2 Å². The lowest BCUT2D eigenvalue weighted by Gasteiger charge is -2.26. The third kappa shape index (κ3) is 6.44. The van der Waals surface area contributed by atoms with Gasteiger partial charge in [0.2, 0.25) is 17.8 Å². The highest BCUT2D eigenvalue weighted by Crippen LogP contribution is 2.26. The molecule has 1 aromatic heterocycles. The van der Waals surface area contributed by atoms with Gasteiger partial charge in [-0.3, -0.25) is 0 Å². The van der Waals surface area contributed by atoms with E-state index in [1.807, 2.05) is 0 Å². The molecule has 1 aliphatic carbocycles. The van der Waals surface area contributed by atoms with Gasteiger partial charge in [-0.05, 0) is 69.5 Å². The Morgan fingerprint density at radius 3 is 2.56 bits per heavy atom. The minimum Gasteiger partial charge on any atom is -0.494 e. The molecule has 0 radical (unpaired) electrons. The highest BCUT2D eigenvalue weighted by atomic mass is 19.1. The number of anilines is 4. The first-order chi connectivity index (χ1) is 16.5. The standard InChI is InChI=1S/C24H36FN7O2/c1-3-19(20-5-4-12-26-20)29-24-31-22(27-14-15-6-9-17(33)10-7-15)30-23(32-24)28-16-8-11-21(34-2)18(25)13-16/h8,11,13,15,17,19-20,26,33H,3-7,9-10,12,14H2,1-2H3,(H3,27,28,29,30,31,32). The third-order valence-corrected chi connectivity index (χ3v) is 6.75. The summed E-state index contributed by atoms with van der Waals surface area (Å²) in [6.45, 7) is 3.90. The number of aliphatic hydroxyl groups excluding tert-OH is 1. The SMILES string of the molecule is CCC(Nc1nc(NCC2CCC(O)CC2)nc(Nc2ccc(OC)c(F)c2)n1)C1CCCN1. The lowest BCUT2D eigenvalue weighted by atomic mass is 9.87. The number of methoxy groups -OCH3 is 1. The summed E-state index contributed by atoms with van der Waals surface area (Å²) in [6, 6.07) is 5.21. The molecule has 2 aliphatic rings. The van der Waals surface area contributed by atoms with E-state index in [0.717, 1.165) is 51.6 Å². The summed E-state index contributed by atoms with van der Waals surface area (Å²) in [5, 5.41) is 23.2. The predicted octanol–water partition coefficient (Wildman–Crippen LogP) is 3.67. The van der Waals surface area contributed by atoms with Gasteiger partial charge in [0.15, 0.2) is 11.6 Å². The average Bonchev–Trinajstić information content (AvgIpc) is 3.37. The molecule has 2 aromatic rings. The van der Waals surface area contributed by atoms with Gasteiger partial charge in [-0.1, -0.05) is 6.92 Å². The molecule has 0 amide bonds. The summed E-state index contributed by atoms with van der Waals surface area (Å²) in [7, 11) is 1.43. The van der Waals surface area contributed by atoms with E-state index in [9.17, 15) is 9.50 Å². The molecule has 5 N–H and O–H groups in total. The van der Waals surface area contributed by atoms with Gasteiger partial charge in [-0.25, -0.2) is 4.39 Å². The van der Waals surface area contributed by atoms with Crippen molar-refractivity contribution in [2.75, 3.05) is 36.1 Å². The molecule has 34 heavy (non-hydrogen) atoms. The van der Waals surface area contributed by atoms with Crippen LogP contribution >= 0.6 is 0 Å². The topological polar surface area (TPSA) is 116 Å². The van der Waals surface area contributed by atoms with Gasteiger partial charge in [0.25, 0.3) is 0 Å². The summed E-state index contributed by atoms with van der Waals surface area (Å²) >= 11 is 0. The molecule has 2 fully saturated rings. The quantitative estimate of drug-likeness (QED) is 0.352. The number of benzene rings is 1. The van der Waals surface area contributed by atoms with E-state index >= 15 is 0 Å². The molecular weight excluding hydrogens is 437 g/mol. The van der Waals surface area contributed by atoms with Crippen LogP contribution in [0.3, 0.4) is 0 Å². The Labute approximate surface area is 200 Å². The monoisotopic (exact) mass is 473 g/mol. The van der Waals surface area contributed by atoms with Crippen molar-refractivity contribution in [1.82, 2.24) is 20.3 Å². The maximum atomic E-state index is 14.2. The molecule has 1 aliphatic heterocycles. The second-order valence-electron chi connectivity index (χ2n) is 9.20. The van der Waals surface area contributed by atoms with Crippen LogP contribution in [0.25, 0.3) is 0 Å². The second-order valence-corrected chi connectivity index (χ2v) is 9.20. The molecule has 1 saturated carbocycles. The minimum atomic E-state index is -0.462. The number of hydrogen-bond donors (Lipinski definition) is 5. The number of aliphatic hydroxyl groups is 1. The molecule has 2 unspecified atom stereocenters. The van der Waals surface area contributed by atoms with Crippen LogP contribution in [-0.2, 0) is 0 Å². The Morgan fingerprint density at radius 2 is 1.88 bits per heavy atom. The number of hydrogen-bond acceptors (Lipinski definition) is 9. The molecule has 0 spiro atoms.